The molecule has 2 heteroatoms. The molecule has 2 nitrogen and oxygen atoms in total. The van der Waals surface area contributed by atoms with Crippen LogP contribution in [-0.2, 0) is 0 Å². The number of aryl methyl sites for hydroxylation is 2. The minimum atomic E-state index is 0.314. The molecule has 0 aromatic heterocycles. The Morgan fingerprint density at radius 2 is 1.84 bits per heavy atom. The molecule has 2 aliphatic rings. The Hall–Kier alpha value is -1.02. The van der Waals surface area contributed by atoms with Crippen molar-refractivity contribution >= 4 is 5.69 Å². The zero-order chi connectivity index (χ0) is 13.5. The fourth-order valence-corrected chi connectivity index (χ4v) is 3.52. The molecule has 2 fully saturated rings. The SMILES string of the molecule is Cc1cc(C)cc(N2CCCNC(C)(C3CC3)C2)c1. The first-order chi connectivity index (χ1) is 9.07. The van der Waals surface area contributed by atoms with Gasteiger partial charge >= 0.3 is 0 Å². The van der Waals surface area contributed by atoms with Crippen LogP contribution in [0.1, 0.15) is 37.3 Å². The highest BCUT2D eigenvalue weighted by Crippen LogP contribution is 2.41. The summed E-state index contributed by atoms with van der Waals surface area (Å²) in [5, 5.41) is 3.81. The number of benzene rings is 1. The zero-order valence-corrected chi connectivity index (χ0v) is 12.5. The van der Waals surface area contributed by atoms with Gasteiger partial charge in [0.15, 0.2) is 0 Å². The van der Waals surface area contributed by atoms with Crippen molar-refractivity contribution in [3.63, 3.8) is 0 Å². The summed E-state index contributed by atoms with van der Waals surface area (Å²) in [6.07, 6.45) is 4.06. The summed E-state index contributed by atoms with van der Waals surface area (Å²) in [5.74, 6) is 0.888. The monoisotopic (exact) mass is 258 g/mol. The maximum absolute atomic E-state index is 3.81. The quantitative estimate of drug-likeness (QED) is 0.876. The smallest absolute Gasteiger partial charge is 0.0372 e. The van der Waals surface area contributed by atoms with Crippen LogP contribution in [0, 0.1) is 19.8 Å². The molecule has 3 rings (SSSR count). The van der Waals surface area contributed by atoms with Crippen LogP contribution in [0.4, 0.5) is 5.69 Å². The second-order valence-electron chi connectivity index (χ2n) is 6.74. The van der Waals surface area contributed by atoms with Crippen molar-refractivity contribution in [3.05, 3.63) is 29.3 Å². The summed E-state index contributed by atoms with van der Waals surface area (Å²) in [4.78, 5) is 2.60. The van der Waals surface area contributed by atoms with E-state index in [9.17, 15) is 0 Å². The third-order valence-electron chi connectivity index (χ3n) is 4.70. The average molecular weight is 258 g/mol. The Kier molecular flexibility index (Phi) is 3.30. The van der Waals surface area contributed by atoms with Gasteiger partial charge in [-0.25, -0.2) is 0 Å². The van der Waals surface area contributed by atoms with Gasteiger partial charge in [0.25, 0.3) is 0 Å². The number of hydrogen-bond donors (Lipinski definition) is 1. The molecule has 0 bridgehead atoms. The molecular formula is C17H26N2. The van der Waals surface area contributed by atoms with E-state index in [2.05, 4.69) is 49.2 Å². The molecular weight excluding hydrogens is 232 g/mol. The molecule has 1 heterocycles. The van der Waals surface area contributed by atoms with Crippen molar-refractivity contribution in [2.24, 2.45) is 5.92 Å². The molecule has 1 saturated carbocycles. The van der Waals surface area contributed by atoms with Gasteiger partial charge in [0, 0.05) is 24.3 Å². The topological polar surface area (TPSA) is 15.3 Å². The van der Waals surface area contributed by atoms with Gasteiger partial charge in [0.2, 0.25) is 0 Å². The van der Waals surface area contributed by atoms with Crippen molar-refractivity contribution in [2.45, 2.75) is 45.6 Å². The van der Waals surface area contributed by atoms with Crippen molar-refractivity contribution in [2.75, 3.05) is 24.5 Å². The number of rotatable bonds is 2. The van der Waals surface area contributed by atoms with Gasteiger partial charge in [-0.05, 0) is 75.8 Å². The summed E-state index contributed by atoms with van der Waals surface area (Å²) in [5.41, 5.74) is 4.47. The molecule has 1 aliphatic carbocycles. The number of hydrogen-bond acceptors (Lipinski definition) is 2. The molecule has 0 amide bonds. The summed E-state index contributed by atoms with van der Waals surface area (Å²) >= 11 is 0. The van der Waals surface area contributed by atoms with E-state index < -0.39 is 0 Å². The normalized spacial score (nSPS) is 28.3. The zero-order valence-electron chi connectivity index (χ0n) is 12.5. The molecule has 1 saturated heterocycles. The van der Waals surface area contributed by atoms with Gasteiger partial charge in [-0.2, -0.15) is 0 Å². The fourth-order valence-electron chi connectivity index (χ4n) is 3.52. The lowest BCUT2D eigenvalue weighted by molar-refractivity contribution is 0.331. The van der Waals surface area contributed by atoms with Crippen LogP contribution < -0.4 is 10.2 Å². The highest BCUT2D eigenvalue weighted by atomic mass is 15.2. The molecule has 1 unspecified atom stereocenters. The number of nitrogens with zero attached hydrogens (tertiary/aromatic N) is 1. The molecule has 1 aliphatic heterocycles. The molecule has 0 spiro atoms. The van der Waals surface area contributed by atoms with Crippen LogP contribution >= 0.6 is 0 Å². The minimum absolute atomic E-state index is 0.314. The van der Waals surface area contributed by atoms with E-state index in [1.54, 1.807) is 0 Å². The van der Waals surface area contributed by atoms with Crippen LogP contribution in [0.15, 0.2) is 18.2 Å². The maximum atomic E-state index is 3.81. The molecule has 1 aromatic rings. The van der Waals surface area contributed by atoms with Crippen molar-refractivity contribution in [1.82, 2.24) is 5.32 Å². The Morgan fingerprint density at radius 3 is 2.47 bits per heavy atom. The minimum Gasteiger partial charge on any atom is -0.370 e. The van der Waals surface area contributed by atoms with Crippen molar-refractivity contribution in [3.8, 4) is 0 Å². The second kappa shape index (κ2) is 4.82. The van der Waals surface area contributed by atoms with Crippen LogP contribution in [0.5, 0.6) is 0 Å². The maximum Gasteiger partial charge on any atom is 0.0372 e. The lowest BCUT2D eigenvalue weighted by atomic mass is 9.95. The summed E-state index contributed by atoms with van der Waals surface area (Å²) in [6, 6.07) is 6.94. The number of nitrogens with one attached hydrogen (secondary N) is 1. The van der Waals surface area contributed by atoms with Crippen LogP contribution in [0.3, 0.4) is 0 Å². The van der Waals surface area contributed by atoms with E-state index in [1.165, 1.54) is 42.6 Å². The van der Waals surface area contributed by atoms with Gasteiger partial charge in [-0.3, -0.25) is 0 Å². The van der Waals surface area contributed by atoms with Crippen LogP contribution in [0.2, 0.25) is 0 Å². The van der Waals surface area contributed by atoms with E-state index in [0.717, 1.165) is 19.0 Å². The van der Waals surface area contributed by atoms with Crippen LogP contribution in [0.25, 0.3) is 0 Å². The standard InChI is InChI=1S/C17H26N2/c1-13-9-14(2)11-16(10-13)19-8-4-7-18-17(3,12-19)15-5-6-15/h9-11,15,18H,4-8,12H2,1-3H3. The average Bonchev–Trinajstić information content (AvgIpc) is 3.13. The van der Waals surface area contributed by atoms with E-state index >= 15 is 0 Å². The van der Waals surface area contributed by atoms with Gasteiger partial charge < -0.3 is 10.2 Å². The van der Waals surface area contributed by atoms with Gasteiger partial charge in [-0.15, -0.1) is 0 Å². The molecule has 1 aromatic carbocycles. The lowest BCUT2D eigenvalue weighted by Crippen LogP contribution is -2.51. The van der Waals surface area contributed by atoms with E-state index in [4.69, 9.17) is 0 Å². The predicted octanol–water partition coefficient (Wildman–Crippen LogP) is 3.27. The highest BCUT2D eigenvalue weighted by Gasteiger charge is 2.43. The second-order valence-corrected chi connectivity index (χ2v) is 6.74. The molecule has 0 radical (unpaired) electrons. The summed E-state index contributed by atoms with van der Waals surface area (Å²) in [6.45, 7) is 10.3. The molecule has 104 valence electrons. The highest BCUT2D eigenvalue weighted by molar-refractivity contribution is 5.51. The first-order valence-corrected chi connectivity index (χ1v) is 7.65. The molecule has 1 atom stereocenters. The van der Waals surface area contributed by atoms with E-state index in [-0.39, 0.29) is 0 Å². The van der Waals surface area contributed by atoms with Crippen molar-refractivity contribution < 1.29 is 0 Å². The summed E-state index contributed by atoms with van der Waals surface area (Å²) in [7, 11) is 0. The Bertz CT molecular complexity index is 444. The van der Waals surface area contributed by atoms with E-state index in [0.29, 0.717) is 5.54 Å². The largest absolute Gasteiger partial charge is 0.370 e. The Labute approximate surface area is 117 Å². The third kappa shape index (κ3) is 2.79. The Morgan fingerprint density at radius 1 is 1.16 bits per heavy atom. The Balaban J connectivity index is 1.85. The molecule has 19 heavy (non-hydrogen) atoms. The van der Waals surface area contributed by atoms with Gasteiger partial charge in [-0.1, -0.05) is 6.07 Å². The third-order valence-corrected chi connectivity index (χ3v) is 4.70. The van der Waals surface area contributed by atoms with Gasteiger partial charge in [0.1, 0.15) is 0 Å². The molecule has 1 N–H and O–H groups in total. The van der Waals surface area contributed by atoms with Crippen molar-refractivity contribution in [1.29, 1.82) is 0 Å². The number of anilines is 1. The first kappa shape index (κ1) is 13.0. The van der Waals surface area contributed by atoms with Crippen LogP contribution in [-0.4, -0.2) is 25.2 Å². The fraction of sp³-hybridized carbons (Fsp3) is 0.647. The van der Waals surface area contributed by atoms with Gasteiger partial charge in [0.05, 0.1) is 0 Å². The first-order valence-electron chi connectivity index (χ1n) is 7.65. The summed E-state index contributed by atoms with van der Waals surface area (Å²) < 4.78 is 0. The predicted molar refractivity (Wildman–Crippen MR) is 81.9 cm³/mol. The lowest BCUT2D eigenvalue weighted by Gasteiger charge is -2.35. The van der Waals surface area contributed by atoms with E-state index in [1.807, 2.05) is 0 Å².